The summed E-state index contributed by atoms with van der Waals surface area (Å²) in [5.41, 5.74) is 5.82. The largest absolute Gasteiger partial charge is 0.435 e. The van der Waals surface area contributed by atoms with Gasteiger partial charge in [0.25, 0.3) is 0 Å². The van der Waals surface area contributed by atoms with E-state index in [9.17, 15) is 13.6 Å². The van der Waals surface area contributed by atoms with E-state index in [1.54, 1.807) is 0 Å². The van der Waals surface area contributed by atoms with Crippen LogP contribution in [-0.4, -0.2) is 33.5 Å². The topological polar surface area (TPSA) is 106 Å². The van der Waals surface area contributed by atoms with E-state index in [-0.39, 0.29) is 23.4 Å². The lowest BCUT2D eigenvalue weighted by Crippen LogP contribution is -2.14. The molecule has 0 aliphatic heterocycles. The van der Waals surface area contributed by atoms with E-state index < -0.39 is 6.61 Å². The van der Waals surface area contributed by atoms with Crippen molar-refractivity contribution in [2.45, 2.75) is 11.8 Å². The van der Waals surface area contributed by atoms with Gasteiger partial charge in [-0.3, -0.25) is 4.79 Å². The number of ether oxygens (including phenoxy) is 1. The number of anilines is 2. The summed E-state index contributed by atoms with van der Waals surface area (Å²) in [5.74, 6) is -0.000882. The van der Waals surface area contributed by atoms with Crippen molar-refractivity contribution in [3.05, 3.63) is 24.3 Å². The van der Waals surface area contributed by atoms with Gasteiger partial charge in [0, 0.05) is 5.69 Å². The predicted octanol–water partition coefficient (Wildman–Crippen LogP) is 1.72. The van der Waals surface area contributed by atoms with Crippen molar-refractivity contribution in [2.75, 3.05) is 16.8 Å². The van der Waals surface area contributed by atoms with Gasteiger partial charge in [-0.1, -0.05) is 11.8 Å². The maximum Gasteiger partial charge on any atom is 0.387 e. The molecular formula is C11H11F2N5O2S. The monoisotopic (exact) mass is 315 g/mol. The molecule has 2 rings (SSSR count). The molecule has 2 aromatic rings. The molecule has 4 N–H and O–H groups in total. The van der Waals surface area contributed by atoms with Crippen molar-refractivity contribution in [1.82, 2.24) is 15.2 Å². The number of nitrogen functional groups attached to an aromatic ring is 1. The zero-order chi connectivity index (χ0) is 15.2. The Morgan fingerprint density at radius 2 is 2.14 bits per heavy atom. The second-order valence-electron chi connectivity index (χ2n) is 3.74. The lowest BCUT2D eigenvalue weighted by Gasteiger charge is -2.07. The van der Waals surface area contributed by atoms with Crippen molar-refractivity contribution in [2.24, 2.45) is 0 Å². The molecule has 0 aliphatic carbocycles. The summed E-state index contributed by atoms with van der Waals surface area (Å²) in [6.45, 7) is -2.88. The van der Waals surface area contributed by atoms with Crippen molar-refractivity contribution >= 4 is 29.3 Å². The first-order valence-electron chi connectivity index (χ1n) is 5.68. The number of thioether (sulfide) groups is 1. The number of nitrogens with one attached hydrogen (secondary N) is 2. The highest BCUT2D eigenvalue weighted by Crippen LogP contribution is 2.18. The summed E-state index contributed by atoms with van der Waals surface area (Å²) in [6, 6.07) is 5.60. The van der Waals surface area contributed by atoms with Crippen molar-refractivity contribution < 1.29 is 18.3 Å². The number of hydrogen-bond donors (Lipinski definition) is 3. The molecule has 1 heterocycles. The summed E-state index contributed by atoms with van der Waals surface area (Å²) in [7, 11) is 0. The number of aromatic amines is 1. The van der Waals surface area contributed by atoms with Crippen molar-refractivity contribution in [3.63, 3.8) is 0 Å². The van der Waals surface area contributed by atoms with Gasteiger partial charge >= 0.3 is 6.61 Å². The first-order chi connectivity index (χ1) is 10.0. The molecule has 0 aliphatic rings. The molecule has 0 fully saturated rings. The van der Waals surface area contributed by atoms with Crippen LogP contribution in [0.25, 0.3) is 0 Å². The molecule has 0 radical (unpaired) electrons. The Morgan fingerprint density at radius 3 is 2.71 bits per heavy atom. The van der Waals surface area contributed by atoms with E-state index in [1.807, 2.05) is 0 Å². The third-order valence-corrected chi connectivity index (χ3v) is 3.03. The van der Waals surface area contributed by atoms with Gasteiger partial charge in [0.05, 0.1) is 5.75 Å². The third kappa shape index (κ3) is 4.91. The third-order valence-electron chi connectivity index (χ3n) is 2.18. The van der Waals surface area contributed by atoms with E-state index in [2.05, 4.69) is 25.2 Å². The minimum atomic E-state index is -2.88. The molecule has 0 saturated carbocycles. The van der Waals surface area contributed by atoms with Crippen molar-refractivity contribution in [3.8, 4) is 5.75 Å². The average molecular weight is 315 g/mol. The molecule has 0 atom stereocenters. The maximum absolute atomic E-state index is 12.0. The van der Waals surface area contributed by atoms with Gasteiger partial charge in [-0.25, -0.2) is 5.10 Å². The molecule has 1 aromatic carbocycles. The zero-order valence-electron chi connectivity index (χ0n) is 10.5. The highest BCUT2D eigenvalue weighted by Gasteiger charge is 2.08. The van der Waals surface area contributed by atoms with Crippen LogP contribution in [-0.2, 0) is 4.79 Å². The summed E-state index contributed by atoms with van der Waals surface area (Å²) in [6.07, 6.45) is 0. The molecule has 21 heavy (non-hydrogen) atoms. The van der Waals surface area contributed by atoms with Crippen LogP contribution in [0.2, 0.25) is 0 Å². The molecule has 112 valence electrons. The van der Waals surface area contributed by atoms with Crippen LogP contribution in [0.15, 0.2) is 29.4 Å². The molecule has 0 saturated heterocycles. The van der Waals surface area contributed by atoms with Crippen molar-refractivity contribution in [1.29, 1.82) is 0 Å². The summed E-state index contributed by atoms with van der Waals surface area (Å²) >= 11 is 1.11. The number of carbonyl (C=O) groups excluding carboxylic acids is 1. The van der Waals surface area contributed by atoms with Gasteiger partial charge in [-0.2, -0.15) is 13.8 Å². The molecular weight excluding hydrogens is 304 g/mol. The highest BCUT2D eigenvalue weighted by molar-refractivity contribution is 7.99. The first kappa shape index (κ1) is 15.0. The number of halogens is 2. The van der Waals surface area contributed by atoms with Gasteiger partial charge in [0.2, 0.25) is 17.0 Å². The Hall–Kier alpha value is -2.36. The normalized spacial score (nSPS) is 10.6. The van der Waals surface area contributed by atoms with Gasteiger partial charge in [0.1, 0.15) is 5.75 Å². The second-order valence-corrected chi connectivity index (χ2v) is 4.69. The van der Waals surface area contributed by atoms with E-state index in [1.165, 1.54) is 24.3 Å². The summed E-state index contributed by atoms with van der Waals surface area (Å²) in [5, 5.41) is 9.18. The van der Waals surface area contributed by atoms with Gasteiger partial charge < -0.3 is 15.8 Å². The van der Waals surface area contributed by atoms with Crippen LogP contribution in [0.4, 0.5) is 20.4 Å². The van der Waals surface area contributed by atoms with E-state index in [0.29, 0.717) is 10.8 Å². The first-order valence-corrected chi connectivity index (χ1v) is 6.67. The predicted molar refractivity (Wildman–Crippen MR) is 73.2 cm³/mol. The number of nitrogens with two attached hydrogens (primary N) is 1. The fourth-order valence-corrected chi connectivity index (χ4v) is 1.98. The van der Waals surface area contributed by atoms with E-state index in [4.69, 9.17) is 5.73 Å². The van der Waals surface area contributed by atoms with Crippen LogP contribution in [0.5, 0.6) is 5.75 Å². The number of rotatable bonds is 6. The Labute approximate surface area is 122 Å². The fourth-order valence-electron chi connectivity index (χ4n) is 1.37. The molecule has 0 bridgehead atoms. The van der Waals surface area contributed by atoms with E-state index in [0.717, 1.165) is 11.8 Å². The van der Waals surface area contributed by atoms with Gasteiger partial charge in [-0.15, -0.1) is 5.10 Å². The lowest BCUT2D eigenvalue weighted by atomic mass is 10.3. The average Bonchev–Trinajstić information content (AvgIpc) is 2.84. The van der Waals surface area contributed by atoms with Crippen LogP contribution < -0.4 is 15.8 Å². The van der Waals surface area contributed by atoms with Crippen LogP contribution in [0.3, 0.4) is 0 Å². The lowest BCUT2D eigenvalue weighted by molar-refractivity contribution is -0.113. The quantitative estimate of drug-likeness (QED) is 0.701. The molecule has 10 heteroatoms. The number of benzene rings is 1. The van der Waals surface area contributed by atoms with Crippen LogP contribution >= 0.6 is 11.8 Å². The minimum Gasteiger partial charge on any atom is -0.435 e. The number of nitrogens with zero attached hydrogens (tertiary/aromatic N) is 2. The Morgan fingerprint density at radius 1 is 1.43 bits per heavy atom. The molecule has 0 spiro atoms. The minimum absolute atomic E-state index is 0.0218. The smallest absolute Gasteiger partial charge is 0.387 e. The number of hydrogen-bond acceptors (Lipinski definition) is 6. The summed E-state index contributed by atoms with van der Waals surface area (Å²) in [4.78, 5) is 15.5. The molecule has 1 aromatic heterocycles. The number of carbonyl (C=O) groups is 1. The number of H-pyrrole nitrogens is 1. The van der Waals surface area contributed by atoms with Crippen LogP contribution in [0.1, 0.15) is 0 Å². The van der Waals surface area contributed by atoms with Gasteiger partial charge in [0.15, 0.2) is 0 Å². The maximum atomic E-state index is 12.0. The number of aromatic nitrogens is 3. The Bertz CT molecular complexity index is 605. The number of amides is 1. The molecule has 7 nitrogen and oxygen atoms in total. The zero-order valence-corrected chi connectivity index (χ0v) is 11.4. The number of alkyl halides is 2. The van der Waals surface area contributed by atoms with Crippen LogP contribution in [0, 0.1) is 0 Å². The molecule has 1 amide bonds. The molecule has 0 unspecified atom stereocenters. The Balaban J connectivity index is 1.82. The van der Waals surface area contributed by atoms with Gasteiger partial charge in [-0.05, 0) is 24.3 Å². The summed E-state index contributed by atoms with van der Waals surface area (Å²) < 4.78 is 28.2. The highest BCUT2D eigenvalue weighted by atomic mass is 32.2. The SMILES string of the molecule is Nc1nc(SCC(=O)Nc2ccc(OC(F)F)cc2)n[nH]1. The standard InChI is InChI=1S/C11H11F2N5O2S/c12-9(13)20-7-3-1-6(2-4-7)15-8(19)5-21-11-16-10(14)17-18-11/h1-4,9H,5H2,(H,15,19)(H3,14,16,17,18). The van der Waals surface area contributed by atoms with E-state index >= 15 is 0 Å². The Kier molecular flexibility index (Phi) is 4.93. The second kappa shape index (κ2) is 6.88. The fraction of sp³-hybridized carbons (Fsp3) is 0.182.